The van der Waals surface area contributed by atoms with Gasteiger partial charge in [-0.15, -0.1) is 0 Å². The molecule has 1 aliphatic carbocycles. The molecule has 1 amide bonds. The maximum absolute atomic E-state index is 12.7. The van der Waals surface area contributed by atoms with E-state index >= 15 is 0 Å². The standard InChI is InChI=1S/C24H22N2O3/c1-14-8-15(2)10-18(9-14)25-23(28)20-13-19-21(26-24(20)29)11-17(12-22(19)27)16-6-4-3-5-7-16/h3-10,13,17H,11-12H2,1-2H3,(H,25,28)(H,26,29). The van der Waals surface area contributed by atoms with Crippen LogP contribution in [0.2, 0.25) is 0 Å². The molecule has 0 spiro atoms. The van der Waals surface area contributed by atoms with Gasteiger partial charge in [0.1, 0.15) is 5.56 Å². The number of H-pyrrole nitrogens is 1. The largest absolute Gasteiger partial charge is 0.325 e. The van der Waals surface area contributed by atoms with Crippen molar-refractivity contribution < 1.29 is 9.59 Å². The minimum atomic E-state index is -0.517. The first kappa shape index (κ1) is 18.9. The number of carbonyl (C=O) groups is 2. The van der Waals surface area contributed by atoms with Gasteiger partial charge in [0.15, 0.2) is 5.78 Å². The van der Waals surface area contributed by atoms with Gasteiger partial charge in [0.05, 0.1) is 0 Å². The van der Waals surface area contributed by atoms with Crippen molar-refractivity contribution in [1.29, 1.82) is 0 Å². The molecule has 1 aromatic heterocycles. The van der Waals surface area contributed by atoms with E-state index in [9.17, 15) is 14.4 Å². The summed E-state index contributed by atoms with van der Waals surface area (Å²) in [6, 6.07) is 16.9. The van der Waals surface area contributed by atoms with E-state index in [1.54, 1.807) is 0 Å². The van der Waals surface area contributed by atoms with Crippen LogP contribution in [0.3, 0.4) is 0 Å². The minimum Gasteiger partial charge on any atom is -0.325 e. The molecule has 1 unspecified atom stereocenters. The number of aryl methyl sites for hydroxylation is 2. The molecule has 0 fully saturated rings. The number of aromatic amines is 1. The zero-order chi connectivity index (χ0) is 20.5. The Kier molecular flexibility index (Phi) is 4.89. The van der Waals surface area contributed by atoms with Crippen LogP contribution in [-0.2, 0) is 6.42 Å². The molecule has 1 heterocycles. The molecule has 1 aliphatic rings. The first-order valence-electron chi connectivity index (χ1n) is 9.64. The molecule has 5 nitrogen and oxygen atoms in total. The van der Waals surface area contributed by atoms with Crippen LogP contribution in [0.5, 0.6) is 0 Å². The van der Waals surface area contributed by atoms with Crippen molar-refractivity contribution in [3.63, 3.8) is 0 Å². The molecule has 0 radical (unpaired) electrons. The number of benzene rings is 2. The first-order valence-corrected chi connectivity index (χ1v) is 9.64. The van der Waals surface area contributed by atoms with E-state index in [-0.39, 0.29) is 17.3 Å². The fourth-order valence-corrected chi connectivity index (χ4v) is 4.01. The quantitative estimate of drug-likeness (QED) is 0.709. The highest BCUT2D eigenvalue weighted by Gasteiger charge is 2.28. The van der Waals surface area contributed by atoms with Gasteiger partial charge in [-0.05, 0) is 61.1 Å². The van der Waals surface area contributed by atoms with Gasteiger partial charge in [-0.3, -0.25) is 14.4 Å². The molecule has 0 saturated carbocycles. The second-order valence-corrected chi connectivity index (χ2v) is 7.67. The van der Waals surface area contributed by atoms with Crippen LogP contribution >= 0.6 is 0 Å². The maximum atomic E-state index is 12.7. The third-order valence-electron chi connectivity index (χ3n) is 5.30. The number of aromatic nitrogens is 1. The van der Waals surface area contributed by atoms with Crippen LogP contribution in [0.4, 0.5) is 5.69 Å². The molecule has 3 aromatic rings. The predicted molar refractivity (Wildman–Crippen MR) is 113 cm³/mol. The lowest BCUT2D eigenvalue weighted by molar-refractivity contribution is 0.0963. The van der Waals surface area contributed by atoms with Gasteiger partial charge in [0.25, 0.3) is 11.5 Å². The summed E-state index contributed by atoms with van der Waals surface area (Å²) in [5.41, 5.74) is 4.24. The number of pyridine rings is 1. The van der Waals surface area contributed by atoms with Crippen molar-refractivity contribution in [1.82, 2.24) is 4.98 Å². The fraction of sp³-hybridized carbons (Fsp3) is 0.208. The Hall–Kier alpha value is -3.47. The molecule has 0 aliphatic heterocycles. The SMILES string of the molecule is Cc1cc(C)cc(NC(=O)c2cc3c([nH]c2=O)CC(c2ccccc2)CC3=O)c1. The number of nitrogens with one attached hydrogen (secondary N) is 2. The number of hydrogen-bond donors (Lipinski definition) is 2. The summed E-state index contributed by atoms with van der Waals surface area (Å²) in [4.78, 5) is 40.8. The molecule has 2 N–H and O–H groups in total. The molecule has 2 aromatic carbocycles. The average Bonchev–Trinajstić information content (AvgIpc) is 2.67. The van der Waals surface area contributed by atoms with Gasteiger partial charge < -0.3 is 10.3 Å². The summed E-state index contributed by atoms with van der Waals surface area (Å²) < 4.78 is 0. The van der Waals surface area contributed by atoms with Crippen LogP contribution in [0.15, 0.2) is 59.4 Å². The van der Waals surface area contributed by atoms with Crippen molar-refractivity contribution in [3.8, 4) is 0 Å². The number of carbonyl (C=O) groups excluding carboxylic acids is 2. The van der Waals surface area contributed by atoms with Crippen LogP contribution < -0.4 is 10.9 Å². The lowest BCUT2D eigenvalue weighted by atomic mass is 9.81. The number of anilines is 1. The maximum Gasteiger partial charge on any atom is 0.261 e. The number of Topliss-reactive ketones (excluding diaryl/α,β-unsaturated/α-hetero) is 1. The van der Waals surface area contributed by atoms with E-state index in [1.165, 1.54) is 6.07 Å². The summed E-state index contributed by atoms with van der Waals surface area (Å²) in [7, 11) is 0. The molecular formula is C24H22N2O3. The number of rotatable bonds is 3. The van der Waals surface area contributed by atoms with E-state index in [4.69, 9.17) is 0 Å². The molecule has 146 valence electrons. The zero-order valence-electron chi connectivity index (χ0n) is 16.4. The number of fused-ring (bicyclic) bond motifs is 1. The highest BCUT2D eigenvalue weighted by molar-refractivity contribution is 6.06. The molecule has 0 saturated heterocycles. The van der Waals surface area contributed by atoms with E-state index in [1.807, 2.05) is 62.4 Å². The summed E-state index contributed by atoms with van der Waals surface area (Å²) in [6.07, 6.45) is 0.931. The van der Waals surface area contributed by atoms with Crippen LogP contribution in [0.25, 0.3) is 0 Å². The highest BCUT2D eigenvalue weighted by atomic mass is 16.2. The Balaban J connectivity index is 1.63. The Morgan fingerprint density at radius 1 is 0.966 bits per heavy atom. The third kappa shape index (κ3) is 3.90. The molecule has 29 heavy (non-hydrogen) atoms. The van der Waals surface area contributed by atoms with Gasteiger partial charge >= 0.3 is 0 Å². The molecule has 1 atom stereocenters. The van der Waals surface area contributed by atoms with Gasteiger partial charge in [-0.25, -0.2) is 0 Å². The monoisotopic (exact) mass is 386 g/mol. The predicted octanol–water partition coefficient (Wildman–Crippen LogP) is 4.16. The van der Waals surface area contributed by atoms with E-state index in [0.717, 1.165) is 16.7 Å². The lowest BCUT2D eigenvalue weighted by Gasteiger charge is -2.24. The zero-order valence-corrected chi connectivity index (χ0v) is 16.4. The lowest BCUT2D eigenvalue weighted by Crippen LogP contribution is -2.29. The Bertz CT molecular complexity index is 1140. The normalized spacial score (nSPS) is 15.7. The average molecular weight is 386 g/mol. The van der Waals surface area contributed by atoms with Crippen molar-refractivity contribution in [2.75, 3.05) is 5.32 Å². The highest BCUT2D eigenvalue weighted by Crippen LogP contribution is 2.31. The summed E-state index contributed by atoms with van der Waals surface area (Å²) in [6.45, 7) is 3.88. The first-order chi connectivity index (χ1) is 13.9. The second-order valence-electron chi connectivity index (χ2n) is 7.67. The second kappa shape index (κ2) is 7.51. The summed E-state index contributed by atoms with van der Waals surface area (Å²) in [5, 5.41) is 2.77. The smallest absolute Gasteiger partial charge is 0.261 e. The summed E-state index contributed by atoms with van der Waals surface area (Å²) in [5.74, 6) is -0.546. The summed E-state index contributed by atoms with van der Waals surface area (Å²) >= 11 is 0. The molecule has 5 heteroatoms. The Morgan fingerprint density at radius 2 is 1.66 bits per heavy atom. The van der Waals surface area contributed by atoms with Gasteiger partial charge in [-0.2, -0.15) is 0 Å². The molecular weight excluding hydrogens is 364 g/mol. The van der Waals surface area contributed by atoms with Gasteiger partial charge in [-0.1, -0.05) is 36.4 Å². The van der Waals surface area contributed by atoms with Crippen LogP contribution in [0, 0.1) is 13.8 Å². The number of amides is 1. The topological polar surface area (TPSA) is 79.0 Å². The van der Waals surface area contributed by atoms with Crippen molar-refractivity contribution in [2.45, 2.75) is 32.6 Å². The molecule has 4 rings (SSSR count). The van der Waals surface area contributed by atoms with Gasteiger partial charge in [0.2, 0.25) is 0 Å². The van der Waals surface area contributed by atoms with Crippen molar-refractivity contribution in [2.24, 2.45) is 0 Å². The van der Waals surface area contributed by atoms with E-state index in [2.05, 4.69) is 10.3 Å². The van der Waals surface area contributed by atoms with Crippen LogP contribution in [-0.4, -0.2) is 16.7 Å². The van der Waals surface area contributed by atoms with E-state index in [0.29, 0.717) is 29.8 Å². The third-order valence-corrected chi connectivity index (χ3v) is 5.30. The van der Waals surface area contributed by atoms with Crippen molar-refractivity contribution in [3.05, 3.63) is 98.5 Å². The van der Waals surface area contributed by atoms with Gasteiger partial charge in [0, 0.05) is 23.4 Å². The Morgan fingerprint density at radius 3 is 2.34 bits per heavy atom. The van der Waals surface area contributed by atoms with E-state index < -0.39 is 11.5 Å². The fourth-order valence-electron chi connectivity index (χ4n) is 4.01. The molecule has 0 bridgehead atoms. The number of hydrogen-bond acceptors (Lipinski definition) is 3. The van der Waals surface area contributed by atoms with Crippen LogP contribution in [0.1, 0.15) is 55.4 Å². The number of ketones is 1. The minimum absolute atomic E-state index is 0.0294. The Labute approximate surface area is 168 Å². The van der Waals surface area contributed by atoms with Crippen molar-refractivity contribution >= 4 is 17.4 Å².